The van der Waals surface area contributed by atoms with Gasteiger partial charge in [0.05, 0.1) is 10.6 Å². The second kappa shape index (κ2) is 9.33. The van der Waals surface area contributed by atoms with Crippen LogP contribution >= 0.6 is 23.4 Å². The maximum absolute atomic E-state index is 12.2. The van der Waals surface area contributed by atoms with Gasteiger partial charge in [-0.25, -0.2) is 4.98 Å². The summed E-state index contributed by atoms with van der Waals surface area (Å²) in [5.41, 5.74) is 0.286. The number of esters is 1. The second-order valence-electron chi connectivity index (χ2n) is 5.42. The molecular weight excluding hydrogens is 394 g/mol. The van der Waals surface area contributed by atoms with Gasteiger partial charge in [-0.1, -0.05) is 11.6 Å². The minimum Gasteiger partial charge on any atom is -0.452 e. The molecule has 0 aliphatic heterocycles. The molecule has 142 valence electrons. The van der Waals surface area contributed by atoms with Crippen LogP contribution in [-0.2, 0) is 14.3 Å². The molecule has 0 fully saturated rings. The summed E-state index contributed by atoms with van der Waals surface area (Å²) in [6.07, 6.45) is 0.451. The third-order valence-corrected chi connectivity index (χ3v) is 4.76. The maximum Gasteiger partial charge on any atom is 0.319 e. The van der Waals surface area contributed by atoms with Crippen LogP contribution in [0, 0.1) is 10.1 Å². The summed E-state index contributed by atoms with van der Waals surface area (Å²) in [7, 11) is 0. The van der Waals surface area contributed by atoms with Crippen LogP contribution < -0.4 is 5.32 Å². The minimum absolute atomic E-state index is 0.0334. The maximum atomic E-state index is 12.2. The zero-order valence-electron chi connectivity index (χ0n) is 14.4. The van der Waals surface area contributed by atoms with Crippen molar-refractivity contribution < 1.29 is 19.2 Å². The van der Waals surface area contributed by atoms with E-state index in [-0.39, 0.29) is 10.8 Å². The number of ether oxygens (including phenoxy) is 1. The lowest BCUT2D eigenvalue weighted by atomic mass is 10.3. The van der Waals surface area contributed by atoms with Crippen LogP contribution in [0.2, 0.25) is 5.15 Å². The number of nitro benzene ring substituents is 1. The summed E-state index contributed by atoms with van der Waals surface area (Å²) in [6.45, 7) is 3.07. The highest BCUT2D eigenvalue weighted by atomic mass is 35.5. The largest absolute Gasteiger partial charge is 0.452 e. The van der Waals surface area contributed by atoms with E-state index in [1.165, 1.54) is 37.0 Å². The van der Waals surface area contributed by atoms with Gasteiger partial charge in [0.15, 0.2) is 11.3 Å². The molecule has 10 heteroatoms. The zero-order chi connectivity index (χ0) is 20.0. The average molecular weight is 410 g/mol. The van der Waals surface area contributed by atoms with Crippen LogP contribution in [0.25, 0.3) is 0 Å². The molecule has 27 heavy (non-hydrogen) atoms. The first kappa shape index (κ1) is 20.7. The first-order chi connectivity index (χ1) is 12.8. The van der Waals surface area contributed by atoms with Gasteiger partial charge < -0.3 is 10.1 Å². The molecule has 0 saturated heterocycles. The summed E-state index contributed by atoms with van der Waals surface area (Å²) >= 11 is 7.04. The highest BCUT2D eigenvalue weighted by molar-refractivity contribution is 8.00. The Morgan fingerprint density at radius 2 is 1.93 bits per heavy atom. The number of amides is 1. The third kappa shape index (κ3) is 5.93. The number of nitrogens with zero attached hydrogens (tertiary/aromatic N) is 2. The summed E-state index contributed by atoms with van der Waals surface area (Å²) in [4.78, 5) is 39.0. The second-order valence-corrected chi connectivity index (χ2v) is 7.19. The number of pyridine rings is 1. The van der Waals surface area contributed by atoms with Gasteiger partial charge in [0.1, 0.15) is 5.25 Å². The van der Waals surface area contributed by atoms with E-state index in [2.05, 4.69) is 10.3 Å². The number of thioether (sulfide) groups is 1. The first-order valence-corrected chi connectivity index (χ1v) is 9.06. The monoisotopic (exact) mass is 409 g/mol. The Hall–Kier alpha value is -2.65. The van der Waals surface area contributed by atoms with Crippen molar-refractivity contribution in [3.8, 4) is 0 Å². The average Bonchev–Trinajstić information content (AvgIpc) is 2.63. The number of nitro groups is 1. The fourth-order valence-corrected chi connectivity index (χ4v) is 2.96. The molecule has 8 nitrogen and oxygen atoms in total. The van der Waals surface area contributed by atoms with Crippen LogP contribution in [0.1, 0.15) is 13.8 Å². The molecule has 0 unspecified atom stereocenters. The molecular formula is C17H16ClN3O5S. The number of non-ortho nitro benzene ring substituents is 1. The van der Waals surface area contributed by atoms with Gasteiger partial charge in [0.25, 0.3) is 11.6 Å². The van der Waals surface area contributed by atoms with E-state index in [9.17, 15) is 19.7 Å². The van der Waals surface area contributed by atoms with E-state index in [1.807, 2.05) is 0 Å². The number of rotatable bonds is 7. The van der Waals surface area contributed by atoms with Gasteiger partial charge in [-0.3, -0.25) is 19.7 Å². The van der Waals surface area contributed by atoms with Crippen molar-refractivity contribution in [2.75, 3.05) is 5.32 Å². The van der Waals surface area contributed by atoms with Crippen molar-refractivity contribution >= 4 is 46.6 Å². The van der Waals surface area contributed by atoms with Gasteiger partial charge >= 0.3 is 5.97 Å². The lowest BCUT2D eigenvalue weighted by Crippen LogP contribution is -2.32. The lowest BCUT2D eigenvalue weighted by molar-refractivity contribution is -0.384. The fraction of sp³-hybridized carbons (Fsp3) is 0.235. The summed E-state index contributed by atoms with van der Waals surface area (Å²) in [6, 6.07) is 9.00. The predicted molar refractivity (Wildman–Crippen MR) is 102 cm³/mol. The summed E-state index contributed by atoms with van der Waals surface area (Å²) in [5.74, 6) is -1.12. The van der Waals surface area contributed by atoms with Gasteiger partial charge in [0.2, 0.25) is 0 Å². The molecule has 0 saturated carbocycles. The molecule has 1 heterocycles. The molecule has 0 spiro atoms. The SMILES string of the molecule is C[C@H](OC(=O)[C@H](C)Sc1ccc([N+](=O)[O-])cc1)C(=O)Nc1cccnc1Cl. The van der Waals surface area contributed by atoms with Gasteiger partial charge in [-0.2, -0.15) is 0 Å². The van der Waals surface area contributed by atoms with Crippen molar-refractivity contribution in [2.45, 2.75) is 30.1 Å². The van der Waals surface area contributed by atoms with Crippen LogP contribution in [0.15, 0.2) is 47.5 Å². The standard InChI is InChI=1S/C17H16ClN3O5S/c1-10(16(22)20-14-4-3-9-19-15(14)18)26-17(23)11(2)27-13-7-5-12(6-8-13)21(24)25/h3-11H,1-2H3,(H,20,22)/t10-,11-/m0/s1. The number of hydrogen-bond acceptors (Lipinski definition) is 7. The van der Waals surface area contributed by atoms with Crippen molar-refractivity contribution in [2.24, 2.45) is 0 Å². The van der Waals surface area contributed by atoms with Crippen LogP contribution in [0.5, 0.6) is 0 Å². The normalized spacial score (nSPS) is 12.7. The zero-order valence-corrected chi connectivity index (χ0v) is 16.0. The molecule has 2 aromatic rings. The van der Waals surface area contributed by atoms with Crippen LogP contribution in [-0.4, -0.2) is 33.1 Å². The van der Waals surface area contributed by atoms with Gasteiger partial charge in [-0.05, 0) is 38.1 Å². The summed E-state index contributed by atoms with van der Waals surface area (Å²) in [5, 5.41) is 12.7. The Morgan fingerprint density at radius 1 is 1.26 bits per heavy atom. The molecule has 1 aromatic heterocycles. The minimum atomic E-state index is -1.03. The molecule has 0 aliphatic carbocycles. The number of nitrogens with one attached hydrogen (secondary N) is 1. The number of hydrogen-bond donors (Lipinski definition) is 1. The van der Waals surface area contributed by atoms with Gasteiger partial charge in [0, 0.05) is 23.2 Å². The Balaban J connectivity index is 1.90. The molecule has 1 amide bonds. The molecule has 2 rings (SSSR count). The Labute approximate surface area is 164 Å². The van der Waals surface area contributed by atoms with E-state index in [1.54, 1.807) is 31.2 Å². The molecule has 0 bridgehead atoms. The molecule has 0 aliphatic rings. The number of carbonyl (C=O) groups excluding carboxylic acids is 2. The Morgan fingerprint density at radius 3 is 2.52 bits per heavy atom. The smallest absolute Gasteiger partial charge is 0.319 e. The third-order valence-electron chi connectivity index (χ3n) is 3.37. The lowest BCUT2D eigenvalue weighted by Gasteiger charge is -2.16. The van der Waals surface area contributed by atoms with E-state index in [4.69, 9.17) is 16.3 Å². The van der Waals surface area contributed by atoms with E-state index in [0.717, 1.165) is 0 Å². The Bertz CT molecular complexity index is 847. The molecule has 1 aromatic carbocycles. The number of anilines is 1. The highest BCUT2D eigenvalue weighted by Crippen LogP contribution is 2.26. The van der Waals surface area contributed by atoms with E-state index in [0.29, 0.717) is 10.6 Å². The van der Waals surface area contributed by atoms with E-state index >= 15 is 0 Å². The summed E-state index contributed by atoms with van der Waals surface area (Å²) < 4.78 is 5.18. The number of halogens is 1. The van der Waals surface area contributed by atoms with E-state index < -0.39 is 28.2 Å². The van der Waals surface area contributed by atoms with Crippen LogP contribution in [0.4, 0.5) is 11.4 Å². The number of aromatic nitrogens is 1. The van der Waals surface area contributed by atoms with Crippen LogP contribution in [0.3, 0.4) is 0 Å². The number of benzene rings is 1. The first-order valence-electron chi connectivity index (χ1n) is 7.81. The molecule has 1 N–H and O–H groups in total. The van der Waals surface area contributed by atoms with Crippen molar-refractivity contribution in [1.29, 1.82) is 0 Å². The molecule has 0 radical (unpaired) electrons. The Kier molecular flexibility index (Phi) is 7.14. The number of carbonyl (C=O) groups is 2. The highest BCUT2D eigenvalue weighted by Gasteiger charge is 2.23. The van der Waals surface area contributed by atoms with Crippen molar-refractivity contribution in [3.05, 3.63) is 57.9 Å². The fourth-order valence-electron chi connectivity index (χ4n) is 1.94. The van der Waals surface area contributed by atoms with Crippen molar-refractivity contribution in [1.82, 2.24) is 4.98 Å². The van der Waals surface area contributed by atoms with Gasteiger partial charge in [-0.15, -0.1) is 11.8 Å². The predicted octanol–water partition coefficient (Wildman–Crippen LogP) is 3.69. The molecule has 2 atom stereocenters. The quantitative estimate of drug-likeness (QED) is 0.244. The topological polar surface area (TPSA) is 111 Å². The van der Waals surface area contributed by atoms with Crippen molar-refractivity contribution in [3.63, 3.8) is 0 Å².